The van der Waals surface area contributed by atoms with Crippen molar-refractivity contribution in [3.63, 3.8) is 0 Å². The minimum absolute atomic E-state index is 0.160. The molecule has 4 rings (SSSR count). The Morgan fingerprint density at radius 1 is 1.24 bits per heavy atom. The molecule has 0 amide bonds. The highest BCUT2D eigenvalue weighted by Crippen LogP contribution is 2.31. The van der Waals surface area contributed by atoms with Crippen molar-refractivity contribution in [2.24, 2.45) is 0 Å². The molecule has 3 aromatic rings. The van der Waals surface area contributed by atoms with Gasteiger partial charge in [-0.1, -0.05) is 17.7 Å². The molecule has 0 radical (unpaired) electrons. The van der Waals surface area contributed by atoms with E-state index in [4.69, 9.17) is 16.0 Å². The number of hydrogen-bond donors (Lipinski definition) is 0. The zero-order chi connectivity index (χ0) is 23.8. The van der Waals surface area contributed by atoms with Crippen molar-refractivity contribution in [1.82, 2.24) is 19.5 Å². The van der Waals surface area contributed by atoms with E-state index in [9.17, 15) is 25.6 Å². The van der Waals surface area contributed by atoms with Gasteiger partial charge in [-0.15, -0.1) is 21.5 Å². The number of halogens is 3. The zero-order valence-corrected chi connectivity index (χ0v) is 19.8. The van der Waals surface area contributed by atoms with Crippen molar-refractivity contribution < 1.29 is 30.0 Å². The molecule has 0 unspecified atom stereocenters. The number of aromatic nitrogens is 3. The molecule has 178 valence electrons. The predicted octanol–water partition coefficient (Wildman–Crippen LogP) is 2.77. The van der Waals surface area contributed by atoms with Gasteiger partial charge in [-0.25, -0.2) is 13.4 Å². The van der Waals surface area contributed by atoms with E-state index < -0.39 is 32.4 Å². The fourth-order valence-electron chi connectivity index (χ4n) is 3.03. The van der Waals surface area contributed by atoms with Gasteiger partial charge in [-0.3, -0.25) is 4.31 Å². The first kappa shape index (κ1) is 23.9. The smallest absolute Gasteiger partial charge is 0.314 e. The number of hydrogen-bond acceptors (Lipinski definition) is 9. The monoisotopic (exact) mass is 539 g/mol. The van der Waals surface area contributed by atoms with E-state index in [1.165, 1.54) is 12.3 Å². The maximum atomic E-state index is 13.4. The van der Waals surface area contributed by atoms with Crippen LogP contribution in [0.1, 0.15) is 17.3 Å². The molecule has 1 saturated heterocycles. The molecule has 1 fully saturated rings. The van der Waals surface area contributed by atoms with Gasteiger partial charge in [-0.05, 0) is 18.2 Å². The highest BCUT2D eigenvalue weighted by Gasteiger charge is 2.35. The van der Waals surface area contributed by atoms with Crippen molar-refractivity contribution in [1.29, 1.82) is 0 Å². The summed E-state index contributed by atoms with van der Waals surface area (Å²) in [5.41, 5.74) is 0.255. The third-order valence-electron chi connectivity index (χ3n) is 4.67. The first-order valence-corrected chi connectivity index (χ1v) is 13.8. The molecule has 0 atom stereocenters. The Labute approximate surface area is 196 Å². The van der Waals surface area contributed by atoms with Gasteiger partial charge in [0.15, 0.2) is 9.84 Å². The predicted molar refractivity (Wildman–Crippen MR) is 117 cm³/mol. The summed E-state index contributed by atoms with van der Waals surface area (Å²) in [5, 5.41) is 7.45. The number of benzene rings is 1. The van der Waals surface area contributed by atoms with E-state index in [-0.39, 0.29) is 47.6 Å². The molecule has 2 aromatic heterocycles. The number of rotatable bonds is 7. The standard InChI is InChI=1S/C17H16ClF2N5O5S3/c18-11-2-1-3-12(8-11)25(33(28,29)24-4-6-32(26,27)7-5-24)10-14-21-9-13(31-14)16-22-23-17(30-16)15(19)20/h1-3,8-9,15H,4-7,10H2. The molecule has 1 aliphatic heterocycles. The van der Waals surface area contributed by atoms with Crippen LogP contribution in [0.25, 0.3) is 10.8 Å². The second-order valence-electron chi connectivity index (χ2n) is 6.91. The number of anilines is 1. The van der Waals surface area contributed by atoms with Gasteiger partial charge in [0.25, 0.3) is 11.8 Å². The first-order valence-electron chi connectivity index (χ1n) is 9.35. The molecule has 0 saturated carbocycles. The lowest BCUT2D eigenvalue weighted by atomic mass is 10.3. The minimum Gasteiger partial charge on any atom is -0.414 e. The molecule has 1 aliphatic rings. The Balaban J connectivity index is 1.64. The van der Waals surface area contributed by atoms with Crippen LogP contribution in [0.4, 0.5) is 14.5 Å². The molecule has 0 N–H and O–H groups in total. The van der Waals surface area contributed by atoms with Crippen LogP contribution in [0.3, 0.4) is 0 Å². The average molecular weight is 540 g/mol. The molecule has 0 spiro atoms. The Morgan fingerprint density at radius 2 is 1.97 bits per heavy atom. The number of alkyl halides is 2. The topological polar surface area (TPSA) is 127 Å². The lowest BCUT2D eigenvalue weighted by Gasteiger charge is -2.32. The normalized spacial score (nSPS) is 16.8. The van der Waals surface area contributed by atoms with Gasteiger partial charge in [0, 0.05) is 18.1 Å². The Morgan fingerprint density at radius 3 is 2.61 bits per heavy atom. The molecule has 0 aliphatic carbocycles. The van der Waals surface area contributed by atoms with E-state index >= 15 is 0 Å². The van der Waals surface area contributed by atoms with E-state index in [1.54, 1.807) is 18.2 Å². The molecule has 0 bridgehead atoms. The van der Waals surface area contributed by atoms with Crippen LogP contribution in [0, 0.1) is 0 Å². The molecule has 10 nitrogen and oxygen atoms in total. The third kappa shape index (κ3) is 5.32. The van der Waals surface area contributed by atoms with Crippen molar-refractivity contribution in [3.05, 3.63) is 46.4 Å². The summed E-state index contributed by atoms with van der Waals surface area (Å²) in [6.07, 6.45) is -1.60. The van der Waals surface area contributed by atoms with Crippen LogP contribution in [0.15, 0.2) is 34.9 Å². The Hall–Kier alpha value is -2.20. The van der Waals surface area contributed by atoms with Crippen LogP contribution in [0.2, 0.25) is 5.02 Å². The van der Waals surface area contributed by atoms with Crippen LogP contribution in [0.5, 0.6) is 0 Å². The van der Waals surface area contributed by atoms with Gasteiger partial charge in [0.2, 0.25) is 0 Å². The fraction of sp³-hybridized carbons (Fsp3) is 0.353. The Kier molecular flexibility index (Phi) is 6.68. The molecule has 3 heterocycles. The van der Waals surface area contributed by atoms with Gasteiger partial charge in [0.05, 0.1) is 29.9 Å². The van der Waals surface area contributed by atoms with Crippen LogP contribution < -0.4 is 4.31 Å². The quantitative estimate of drug-likeness (QED) is 0.448. The molecule has 16 heteroatoms. The highest BCUT2D eigenvalue weighted by molar-refractivity contribution is 7.92. The lowest BCUT2D eigenvalue weighted by Crippen LogP contribution is -2.50. The maximum absolute atomic E-state index is 13.4. The van der Waals surface area contributed by atoms with E-state index in [2.05, 4.69) is 15.2 Å². The van der Waals surface area contributed by atoms with Crippen molar-refractivity contribution in [2.45, 2.75) is 13.0 Å². The second-order valence-corrected chi connectivity index (χ2v) is 12.6. The second kappa shape index (κ2) is 9.21. The van der Waals surface area contributed by atoms with Gasteiger partial charge < -0.3 is 4.42 Å². The minimum atomic E-state index is -4.15. The maximum Gasteiger partial charge on any atom is 0.314 e. The molecule has 33 heavy (non-hydrogen) atoms. The van der Waals surface area contributed by atoms with Crippen LogP contribution in [-0.4, -0.2) is 60.9 Å². The third-order valence-corrected chi connectivity index (χ3v) is 9.40. The summed E-state index contributed by atoms with van der Waals surface area (Å²) in [5.74, 6) is -1.54. The lowest BCUT2D eigenvalue weighted by molar-refractivity contribution is 0.116. The SMILES string of the molecule is O=S1(=O)CCN(S(=O)(=O)N(Cc2ncc(-c3nnc(C(F)F)o3)s2)c2cccc(Cl)c2)CC1. The summed E-state index contributed by atoms with van der Waals surface area (Å²) in [4.78, 5) is 4.45. The summed E-state index contributed by atoms with van der Waals surface area (Å²) < 4.78 is 82.9. The van der Waals surface area contributed by atoms with E-state index in [0.717, 1.165) is 19.9 Å². The number of nitrogens with zero attached hydrogens (tertiary/aromatic N) is 5. The van der Waals surface area contributed by atoms with Crippen molar-refractivity contribution >= 4 is 48.7 Å². The molecular weight excluding hydrogens is 524 g/mol. The summed E-state index contributed by atoms with van der Waals surface area (Å²) in [7, 11) is -7.44. The van der Waals surface area contributed by atoms with Gasteiger partial charge >= 0.3 is 16.6 Å². The Bertz CT molecular complexity index is 1350. The largest absolute Gasteiger partial charge is 0.414 e. The summed E-state index contributed by atoms with van der Waals surface area (Å²) >= 11 is 7.06. The first-order chi connectivity index (χ1) is 15.5. The van der Waals surface area contributed by atoms with Gasteiger partial charge in [0.1, 0.15) is 9.88 Å². The number of thiazole rings is 1. The van der Waals surface area contributed by atoms with Crippen LogP contribution in [-0.2, 0) is 26.6 Å². The zero-order valence-electron chi connectivity index (χ0n) is 16.6. The molecular formula is C17H16ClF2N5O5S3. The highest BCUT2D eigenvalue weighted by atomic mass is 35.5. The van der Waals surface area contributed by atoms with Crippen LogP contribution >= 0.6 is 22.9 Å². The summed E-state index contributed by atoms with van der Waals surface area (Å²) in [6, 6.07) is 6.17. The van der Waals surface area contributed by atoms with E-state index in [1.807, 2.05) is 0 Å². The van der Waals surface area contributed by atoms with Crippen molar-refractivity contribution in [3.8, 4) is 10.8 Å². The number of sulfone groups is 1. The van der Waals surface area contributed by atoms with E-state index in [0.29, 0.717) is 10.0 Å². The fourth-order valence-corrected chi connectivity index (χ4v) is 7.15. The summed E-state index contributed by atoms with van der Waals surface area (Å²) in [6.45, 7) is -0.571. The average Bonchev–Trinajstić information content (AvgIpc) is 3.41. The van der Waals surface area contributed by atoms with Gasteiger partial charge in [-0.2, -0.15) is 21.5 Å². The molecule has 1 aromatic carbocycles. The van der Waals surface area contributed by atoms with Crippen molar-refractivity contribution in [2.75, 3.05) is 28.9 Å².